The van der Waals surface area contributed by atoms with E-state index in [-0.39, 0.29) is 0 Å². The van der Waals surface area contributed by atoms with E-state index in [0.717, 1.165) is 60.6 Å². The zero-order valence-corrected chi connectivity index (χ0v) is 12.5. The number of halogens is 1. The predicted molar refractivity (Wildman–Crippen MR) is 81.2 cm³/mol. The number of nitrogens with zero attached hydrogens (tertiary/aromatic N) is 4. The van der Waals surface area contributed by atoms with E-state index in [4.69, 9.17) is 10.7 Å². The first kappa shape index (κ1) is 12.1. The molecule has 0 bridgehead atoms. The number of rotatable bonds is 0. The molecule has 6 heteroatoms. The monoisotopic (exact) mass is 331 g/mol. The number of anilines is 1. The van der Waals surface area contributed by atoms with Gasteiger partial charge in [0.2, 0.25) is 5.95 Å². The number of hydrogen-bond acceptors (Lipinski definition) is 4. The standard InChI is InChI=1S/C14H14BrN5/c15-9-4-5-11-18-10-3-1-2-8-6-17-14(16)19-12(8)13(10)20(11)7-9/h6-7H,1-5H2,(H2,16,17,19). The van der Waals surface area contributed by atoms with E-state index < -0.39 is 0 Å². The lowest BCUT2D eigenvalue weighted by molar-refractivity contribution is 0.792. The second-order valence-electron chi connectivity index (χ2n) is 5.22. The molecule has 2 aromatic rings. The minimum Gasteiger partial charge on any atom is -0.368 e. The quantitative estimate of drug-likeness (QED) is 0.805. The second kappa shape index (κ2) is 4.41. The summed E-state index contributed by atoms with van der Waals surface area (Å²) in [6.07, 6.45) is 8.97. The largest absolute Gasteiger partial charge is 0.368 e. The summed E-state index contributed by atoms with van der Waals surface area (Å²) in [7, 11) is 0. The van der Waals surface area contributed by atoms with Crippen LogP contribution in [-0.4, -0.2) is 19.5 Å². The van der Waals surface area contributed by atoms with Gasteiger partial charge in [0.1, 0.15) is 5.82 Å². The molecule has 20 heavy (non-hydrogen) atoms. The summed E-state index contributed by atoms with van der Waals surface area (Å²) in [6, 6.07) is 0. The van der Waals surface area contributed by atoms with Crippen LogP contribution >= 0.6 is 15.9 Å². The molecule has 0 fully saturated rings. The van der Waals surface area contributed by atoms with Crippen LogP contribution in [0.2, 0.25) is 0 Å². The van der Waals surface area contributed by atoms with Crippen molar-refractivity contribution in [2.75, 3.05) is 5.73 Å². The van der Waals surface area contributed by atoms with Gasteiger partial charge in [-0.05, 0) is 31.2 Å². The van der Waals surface area contributed by atoms with Crippen LogP contribution in [0.4, 0.5) is 5.95 Å². The Balaban J connectivity index is 2.02. The Morgan fingerprint density at radius 3 is 2.95 bits per heavy atom. The minimum absolute atomic E-state index is 0.325. The zero-order chi connectivity index (χ0) is 13.7. The Kier molecular flexibility index (Phi) is 2.66. The van der Waals surface area contributed by atoms with Gasteiger partial charge in [-0.2, -0.15) is 0 Å². The van der Waals surface area contributed by atoms with Crippen molar-refractivity contribution in [1.82, 2.24) is 19.5 Å². The van der Waals surface area contributed by atoms with Crippen molar-refractivity contribution in [3.05, 3.63) is 27.8 Å². The van der Waals surface area contributed by atoms with Gasteiger partial charge in [0, 0.05) is 23.3 Å². The molecular formula is C14H14BrN5. The molecule has 0 saturated carbocycles. The Morgan fingerprint density at radius 2 is 2.05 bits per heavy atom. The first-order valence-corrected chi connectivity index (χ1v) is 7.59. The second-order valence-corrected chi connectivity index (χ2v) is 6.24. The van der Waals surface area contributed by atoms with Crippen LogP contribution in [0.15, 0.2) is 10.7 Å². The van der Waals surface area contributed by atoms with Crippen molar-refractivity contribution in [2.24, 2.45) is 0 Å². The van der Waals surface area contributed by atoms with Gasteiger partial charge in [0.15, 0.2) is 0 Å². The predicted octanol–water partition coefficient (Wildman–Crippen LogP) is 2.55. The highest BCUT2D eigenvalue weighted by atomic mass is 79.9. The van der Waals surface area contributed by atoms with Crippen LogP contribution in [0, 0.1) is 0 Å². The number of aromatic nitrogens is 4. The van der Waals surface area contributed by atoms with Gasteiger partial charge in [-0.3, -0.25) is 0 Å². The Hall–Kier alpha value is -1.69. The molecule has 5 nitrogen and oxygen atoms in total. The van der Waals surface area contributed by atoms with Gasteiger partial charge in [0.05, 0.1) is 17.1 Å². The summed E-state index contributed by atoms with van der Waals surface area (Å²) < 4.78 is 3.36. The van der Waals surface area contributed by atoms with Crippen LogP contribution in [0.3, 0.4) is 0 Å². The smallest absolute Gasteiger partial charge is 0.220 e. The molecule has 0 radical (unpaired) electrons. The van der Waals surface area contributed by atoms with Crippen molar-refractivity contribution in [3.63, 3.8) is 0 Å². The number of fused-ring (bicyclic) bond motifs is 5. The van der Waals surface area contributed by atoms with E-state index in [9.17, 15) is 0 Å². The van der Waals surface area contributed by atoms with E-state index in [1.807, 2.05) is 6.20 Å². The topological polar surface area (TPSA) is 69.6 Å². The number of allylic oxidation sites excluding steroid dienone is 1. The van der Waals surface area contributed by atoms with Gasteiger partial charge in [-0.15, -0.1) is 0 Å². The fourth-order valence-corrected chi connectivity index (χ4v) is 3.36. The molecule has 4 rings (SSSR count). The van der Waals surface area contributed by atoms with E-state index in [1.165, 1.54) is 4.48 Å². The lowest BCUT2D eigenvalue weighted by Gasteiger charge is -2.14. The van der Waals surface area contributed by atoms with Crippen LogP contribution in [0.1, 0.15) is 29.9 Å². The molecule has 0 saturated heterocycles. The molecule has 3 heterocycles. The third-order valence-corrected chi connectivity index (χ3v) is 4.48. The van der Waals surface area contributed by atoms with Gasteiger partial charge in [-0.25, -0.2) is 15.0 Å². The molecule has 102 valence electrons. The number of imidazole rings is 1. The van der Waals surface area contributed by atoms with E-state index in [2.05, 4.69) is 36.7 Å². The fraction of sp³-hybridized carbons (Fsp3) is 0.357. The SMILES string of the molecule is Nc1ncc2c(n1)-c1c(nc3n1C=C(Br)CC3)CCC2. The molecule has 1 aliphatic carbocycles. The molecule has 0 amide bonds. The molecule has 1 aliphatic heterocycles. The number of nitrogens with two attached hydrogens (primary N) is 1. The number of hydrogen-bond donors (Lipinski definition) is 1. The highest BCUT2D eigenvalue weighted by Gasteiger charge is 2.25. The molecule has 0 spiro atoms. The van der Waals surface area contributed by atoms with Gasteiger partial charge in [-0.1, -0.05) is 15.9 Å². The Labute approximate surface area is 125 Å². The van der Waals surface area contributed by atoms with Crippen LogP contribution in [-0.2, 0) is 19.3 Å². The summed E-state index contributed by atoms with van der Waals surface area (Å²) in [5, 5.41) is 0. The van der Waals surface area contributed by atoms with Crippen LogP contribution in [0.5, 0.6) is 0 Å². The summed E-state index contributed by atoms with van der Waals surface area (Å²) in [6.45, 7) is 0. The Morgan fingerprint density at radius 1 is 1.15 bits per heavy atom. The van der Waals surface area contributed by atoms with Crippen molar-refractivity contribution >= 4 is 28.1 Å². The summed E-state index contributed by atoms with van der Waals surface area (Å²) in [4.78, 5) is 13.4. The average Bonchev–Trinajstić information content (AvgIpc) is 2.68. The van der Waals surface area contributed by atoms with E-state index >= 15 is 0 Å². The lowest BCUT2D eigenvalue weighted by Crippen LogP contribution is -2.07. The number of nitrogen functional groups attached to an aromatic ring is 1. The van der Waals surface area contributed by atoms with Gasteiger partial charge in [0.25, 0.3) is 0 Å². The first-order valence-electron chi connectivity index (χ1n) is 6.80. The normalized spacial score (nSPS) is 16.8. The van der Waals surface area contributed by atoms with Crippen LogP contribution in [0.25, 0.3) is 17.6 Å². The third kappa shape index (κ3) is 1.78. The van der Waals surface area contributed by atoms with Crippen molar-refractivity contribution in [1.29, 1.82) is 0 Å². The maximum Gasteiger partial charge on any atom is 0.220 e. The van der Waals surface area contributed by atoms with E-state index in [1.54, 1.807) is 0 Å². The van der Waals surface area contributed by atoms with Crippen molar-refractivity contribution in [3.8, 4) is 11.4 Å². The summed E-state index contributed by atoms with van der Waals surface area (Å²) in [5.41, 5.74) is 10.1. The zero-order valence-electron chi connectivity index (χ0n) is 10.9. The molecule has 2 N–H and O–H groups in total. The molecule has 2 aromatic heterocycles. The highest BCUT2D eigenvalue weighted by molar-refractivity contribution is 9.11. The highest BCUT2D eigenvalue weighted by Crippen LogP contribution is 2.35. The summed E-state index contributed by atoms with van der Waals surface area (Å²) in [5.74, 6) is 1.44. The molecular weight excluding hydrogens is 318 g/mol. The van der Waals surface area contributed by atoms with Crippen LogP contribution < -0.4 is 5.73 Å². The molecule has 0 unspecified atom stereocenters. The first-order chi connectivity index (χ1) is 9.72. The van der Waals surface area contributed by atoms with Crippen molar-refractivity contribution < 1.29 is 0 Å². The summed E-state index contributed by atoms with van der Waals surface area (Å²) >= 11 is 3.60. The molecule has 0 aromatic carbocycles. The van der Waals surface area contributed by atoms with Gasteiger partial charge >= 0.3 is 0 Å². The minimum atomic E-state index is 0.325. The molecule has 0 atom stereocenters. The maximum absolute atomic E-state index is 5.79. The Bertz CT molecular complexity index is 731. The van der Waals surface area contributed by atoms with Gasteiger partial charge < -0.3 is 10.3 Å². The third-order valence-electron chi connectivity index (χ3n) is 3.88. The van der Waals surface area contributed by atoms with Crippen molar-refractivity contribution in [2.45, 2.75) is 32.1 Å². The lowest BCUT2D eigenvalue weighted by atomic mass is 10.1. The maximum atomic E-state index is 5.79. The number of aryl methyl sites for hydroxylation is 3. The fourth-order valence-electron chi connectivity index (χ4n) is 2.96. The average molecular weight is 332 g/mol. The molecule has 2 aliphatic rings. The van der Waals surface area contributed by atoms with E-state index in [0.29, 0.717) is 5.95 Å².